The molecule has 2 N–H and O–H groups in total. The van der Waals surface area contributed by atoms with Gasteiger partial charge in [-0.1, -0.05) is 18.2 Å². The molecule has 1 aliphatic rings. The summed E-state index contributed by atoms with van der Waals surface area (Å²) in [4.78, 5) is 12.0. The number of nitrogens with zero attached hydrogens (tertiary/aromatic N) is 1. The van der Waals surface area contributed by atoms with Crippen LogP contribution in [0.15, 0.2) is 24.3 Å². The molecule has 18 heavy (non-hydrogen) atoms. The smallest absolute Gasteiger partial charge is 0.407 e. The molecule has 5 nitrogen and oxygen atoms in total. The van der Waals surface area contributed by atoms with Crippen molar-refractivity contribution in [2.75, 3.05) is 19.7 Å². The van der Waals surface area contributed by atoms with Crippen LogP contribution in [0.1, 0.15) is 18.6 Å². The quantitative estimate of drug-likeness (QED) is 0.855. The highest BCUT2D eigenvalue weighted by atomic mass is 16.5. The summed E-state index contributed by atoms with van der Waals surface area (Å²) >= 11 is 0. The lowest BCUT2D eigenvalue weighted by Crippen LogP contribution is -2.51. The van der Waals surface area contributed by atoms with Crippen molar-refractivity contribution in [3.05, 3.63) is 29.8 Å². The van der Waals surface area contributed by atoms with Gasteiger partial charge in [-0.25, -0.2) is 4.79 Å². The monoisotopic (exact) mass is 251 g/mol. The van der Waals surface area contributed by atoms with Crippen molar-refractivity contribution in [2.24, 2.45) is 5.92 Å². The third kappa shape index (κ3) is 2.41. The molecular formula is C13H17NO4. The second-order valence-electron chi connectivity index (χ2n) is 4.36. The van der Waals surface area contributed by atoms with Crippen molar-refractivity contribution in [3.8, 4) is 5.75 Å². The van der Waals surface area contributed by atoms with Gasteiger partial charge in [-0.2, -0.15) is 0 Å². The fourth-order valence-electron chi connectivity index (χ4n) is 2.13. The molecule has 1 saturated heterocycles. The Hall–Kier alpha value is -1.75. The van der Waals surface area contributed by atoms with E-state index in [0.717, 1.165) is 5.56 Å². The highest BCUT2D eigenvalue weighted by molar-refractivity contribution is 5.66. The van der Waals surface area contributed by atoms with Crippen molar-refractivity contribution in [3.63, 3.8) is 0 Å². The Labute approximate surface area is 106 Å². The second-order valence-corrected chi connectivity index (χ2v) is 4.36. The van der Waals surface area contributed by atoms with Crippen LogP contribution in [0.5, 0.6) is 5.75 Å². The largest absolute Gasteiger partial charge is 0.493 e. The van der Waals surface area contributed by atoms with Crippen LogP contribution in [0.25, 0.3) is 0 Å². The number of para-hydroxylation sites is 1. The molecule has 5 heteroatoms. The van der Waals surface area contributed by atoms with Crippen molar-refractivity contribution in [1.29, 1.82) is 0 Å². The van der Waals surface area contributed by atoms with Gasteiger partial charge in [0.05, 0.1) is 12.7 Å². The van der Waals surface area contributed by atoms with E-state index in [1.807, 2.05) is 31.2 Å². The molecule has 1 aromatic carbocycles. The van der Waals surface area contributed by atoms with E-state index < -0.39 is 12.2 Å². The van der Waals surface area contributed by atoms with E-state index in [9.17, 15) is 9.90 Å². The summed E-state index contributed by atoms with van der Waals surface area (Å²) in [5.74, 6) is 0.615. The zero-order valence-electron chi connectivity index (χ0n) is 10.2. The molecule has 0 bridgehead atoms. The maximum Gasteiger partial charge on any atom is 0.407 e. The van der Waals surface area contributed by atoms with Gasteiger partial charge >= 0.3 is 6.09 Å². The van der Waals surface area contributed by atoms with Gasteiger partial charge in [0, 0.05) is 24.6 Å². The van der Waals surface area contributed by atoms with Crippen LogP contribution in [0.4, 0.5) is 4.79 Å². The minimum Gasteiger partial charge on any atom is -0.493 e. The van der Waals surface area contributed by atoms with E-state index >= 15 is 0 Å². The molecule has 0 spiro atoms. The van der Waals surface area contributed by atoms with Crippen molar-refractivity contribution in [1.82, 2.24) is 4.90 Å². The minimum atomic E-state index is -0.934. The van der Waals surface area contributed by atoms with E-state index in [1.54, 1.807) is 0 Å². The molecule has 0 saturated carbocycles. The lowest BCUT2D eigenvalue weighted by Gasteiger charge is -2.40. The second kappa shape index (κ2) is 5.27. The Morgan fingerprint density at radius 3 is 2.78 bits per heavy atom. The summed E-state index contributed by atoms with van der Waals surface area (Å²) in [5.41, 5.74) is 0.731. The summed E-state index contributed by atoms with van der Waals surface area (Å²) in [7, 11) is 0. The number of aliphatic hydroxyl groups is 1. The highest BCUT2D eigenvalue weighted by Gasteiger charge is 2.36. The van der Waals surface area contributed by atoms with Gasteiger partial charge in [-0.15, -0.1) is 0 Å². The molecule has 1 heterocycles. The molecule has 0 aliphatic carbocycles. The van der Waals surface area contributed by atoms with E-state index in [0.29, 0.717) is 25.4 Å². The molecule has 1 aromatic rings. The predicted octanol–water partition coefficient (Wildman–Crippen LogP) is 1.73. The number of aliphatic hydroxyl groups excluding tert-OH is 1. The Kier molecular flexibility index (Phi) is 3.72. The number of carbonyl (C=O) groups is 1. The van der Waals surface area contributed by atoms with Gasteiger partial charge in [0.2, 0.25) is 0 Å². The molecule has 1 amide bonds. The minimum absolute atomic E-state index is 0.0530. The summed E-state index contributed by atoms with van der Waals surface area (Å²) in [6, 6.07) is 7.33. The van der Waals surface area contributed by atoms with Crippen LogP contribution in [-0.2, 0) is 0 Å². The molecule has 1 unspecified atom stereocenters. The van der Waals surface area contributed by atoms with E-state index in [2.05, 4.69) is 0 Å². The first kappa shape index (κ1) is 12.7. The summed E-state index contributed by atoms with van der Waals surface area (Å²) < 4.78 is 5.46. The van der Waals surface area contributed by atoms with Gasteiger partial charge in [-0.3, -0.25) is 0 Å². The molecular weight excluding hydrogens is 234 g/mol. The van der Waals surface area contributed by atoms with Crippen LogP contribution >= 0.6 is 0 Å². The first-order chi connectivity index (χ1) is 8.63. The fraction of sp³-hybridized carbons (Fsp3) is 0.462. The first-order valence-corrected chi connectivity index (χ1v) is 6.01. The third-order valence-corrected chi connectivity index (χ3v) is 3.16. The number of hydrogen-bond donors (Lipinski definition) is 2. The molecule has 0 radical (unpaired) electrons. The summed E-state index contributed by atoms with van der Waals surface area (Å²) in [6.45, 7) is 3.17. The number of hydrogen-bond acceptors (Lipinski definition) is 3. The highest BCUT2D eigenvalue weighted by Crippen LogP contribution is 2.34. The molecule has 1 aliphatic heterocycles. The Morgan fingerprint density at radius 1 is 1.50 bits per heavy atom. The zero-order chi connectivity index (χ0) is 13.1. The van der Waals surface area contributed by atoms with Crippen molar-refractivity contribution in [2.45, 2.75) is 13.0 Å². The third-order valence-electron chi connectivity index (χ3n) is 3.16. The lowest BCUT2D eigenvalue weighted by atomic mass is 9.89. The van der Waals surface area contributed by atoms with E-state index in [1.165, 1.54) is 4.90 Å². The maximum atomic E-state index is 10.7. The van der Waals surface area contributed by atoms with Crippen LogP contribution in [0, 0.1) is 5.92 Å². The standard InChI is InChI=1S/C13H17NO4/c1-2-18-11-6-4-3-5-10(11)12(15)9-7-14(8-9)13(16)17/h3-6,9,12,15H,2,7-8H2,1H3,(H,16,17). The van der Waals surface area contributed by atoms with Crippen LogP contribution < -0.4 is 4.74 Å². The number of carboxylic acid groups (broad SMARTS) is 1. The Balaban J connectivity index is 2.06. The van der Waals surface area contributed by atoms with Gasteiger partial charge in [0.15, 0.2) is 0 Å². The predicted molar refractivity (Wildman–Crippen MR) is 65.7 cm³/mol. The van der Waals surface area contributed by atoms with Crippen molar-refractivity contribution >= 4 is 6.09 Å². The number of rotatable bonds is 4. The van der Waals surface area contributed by atoms with Gasteiger partial charge < -0.3 is 19.8 Å². The van der Waals surface area contributed by atoms with Crippen LogP contribution in [0.2, 0.25) is 0 Å². The van der Waals surface area contributed by atoms with Crippen molar-refractivity contribution < 1.29 is 19.7 Å². The topological polar surface area (TPSA) is 70.0 Å². The lowest BCUT2D eigenvalue weighted by molar-refractivity contribution is 0.00170. The molecule has 98 valence electrons. The first-order valence-electron chi connectivity index (χ1n) is 6.01. The number of ether oxygens (including phenoxy) is 1. The SMILES string of the molecule is CCOc1ccccc1C(O)C1CN(C(=O)O)C1. The summed E-state index contributed by atoms with van der Waals surface area (Å²) in [6.07, 6.45) is -1.61. The number of amides is 1. The van der Waals surface area contributed by atoms with E-state index in [4.69, 9.17) is 9.84 Å². The number of likely N-dealkylation sites (tertiary alicyclic amines) is 1. The number of benzene rings is 1. The zero-order valence-corrected chi connectivity index (χ0v) is 10.2. The normalized spacial score (nSPS) is 17.1. The molecule has 1 atom stereocenters. The van der Waals surface area contributed by atoms with E-state index in [-0.39, 0.29) is 5.92 Å². The molecule has 0 aromatic heterocycles. The Morgan fingerprint density at radius 2 is 2.17 bits per heavy atom. The maximum absolute atomic E-state index is 10.7. The molecule has 1 fully saturated rings. The van der Waals surface area contributed by atoms with Gasteiger partial charge in [0.1, 0.15) is 5.75 Å². The van der Waals surface area contributed by atoms with Crippen LogP contribution in [0.3, 0.4) is 0 Å². The average molecular weight is 251 g/mol. The molecule has 2 rings (SSSR count). The fourth-order valence-corrected chi connectivity index (χ4v) is 2.13. The average Bonchev–Trinajstić information content (AvgIpc) is 2.27. The Bertz CT molecular complexity index is 429. The summed E-state index contributed by atoms with van der Waals surface area (Å²) in [5, 5.41) is 19.0. The van der Waals surface area contributed by atoms with Crippen LogP contribution in [-0.4, -0.2) is 40.9 Å². The van der Waals surface area contributed by atoms with Gasteiger partial charge in [-0.05, 0) is 13.0 Å². The van der Waals surface area contributed by atoms with Gasteiger partial charge in [0.25, 0.3) is 0 Å².